The number of hydrogen-bond acceptors (Lipinski definition) is 5. The predicted octanol–water partition coefficient (Wildman–Crippen LogP) is 5.00. The van der Waals surface area contributed by atoms with Crippen molar-refractivity contribution in [3.63, 3.8) is 0 Å². The molecule has 0 N–H and O–H groups in total. The molecule has 0 saturated carbocycles. The molecular weight excluding hydrogens is 536 g/mol. The maximum Gasteiger partial charge on any atom is 0.254 e. The van der Waals surface area contributed by atoms with Crippen LogP contribution in [-0.4, -0.2) is 48.0 Å². The minimum atomic E-state index is -3.94. The van der Waals surface area contributed by atoms with E-state index in [1.807, 2.05) is 30.3 Å². The van der Waals surface area contributed by atoms with Crippen LogP contribution in [0.4, 0.5) is 8.78 Å². The number of halogens is 2. The van der Waals surface area contributed by atoms with Crippen LogP contribution in [0.5, 0.6) is 0 Å². The minimum absolute atomic E-state index is 0.0428. The molecule has 7 nitrogen and oxygen atoms in total. The van der Waals surface area contributed by atoms with Crippen molar-refractivity contribution in [2.45, 2.75) is 42.9 Å². The summed E-state index contributed by atoms with van der Waals surface area (Å²) in [6.07, 6.45) is 2.95. The molecular formula is C30H29F2N3O4S. The van der Waals surface area contributed by atoms with Crippen LogP contribution in [-0.2, 0) is 33.4 Å². The van der Waals surface area contributed by atoms with E-state index in [1.54, 1.807) is 15.5 Å². The van der Waals surface area contributed by atoms with Gasteiger partial charge in [0, 0.05) is 18.7 Å². The standard InChI is InChI=1S/C30H29F2N3O4S/c31-25-13-11-23(12-14-25)21-40(37,38)30-33-17-27(35(30)18-22-6-2-1-3-7-22)19-34(20-28-10-5-15-39-28)29(36)24-8-4-9-26(32)16-24/h1-4,6-9,11-14,16-17,28H,5,10,15,18-21H2. The smallest absolute Gasteiger partial charge is 0.254 e. The topological polar surface area (TPSA) is 81.5 Å². The molecule has 4 aromatic rings. The SMILES string of the molecule is O=C(c1cccc(F)c1)N(Cc1cnc(S(=O)(=O)Cc2ccc(F)cc2)n1Cc1ccccc1)CC1CCCO1. The molecule has 0 radical (unpaired) electrons. The normalized spacial score (nSPS) is 15.3. The van der Waals surface area contributed by atoms with Gasteiger partial charge in [0.25, 0.3) is 5.91 Å². The number of aromatic nitrogens is 2. The van der Waals surface area contributed by atoms with Gasteiger partial charge in [0.1, 0.15) is 11.6 Å². The lowest BCUT2D eigenvalue weighted by atomic mass is 10.1. The fourth-order valence-corrected chi connectivity index (χ4v) is 6.31. The largest absolute Gasteiger partial charge is 0.376 e. The Balaban J connectivity index is 1.51. The lowest BCUT2D eigenvalue weighted by molar-refractivity contribution is 0.0501. The molecule has 1 fully saturated rings. The minimum Gasteiger partial charge on any atom is -0.376 e. The summed E-state index contributed by atoms with van der Waals surface area (Å²) in [5.41, 5.74) is 1.97. The van der Waals surface area contributed by atoms with Crippen LogP contribution in [0.2, 0.25) is 0 Å². The van der Waals surface area contributed by atoms with Gasteiger partial charge < -0.3 is 14.2 Å². The summed E-state index contributed by atoms with van der Waals surface area (Å²) in [4.78, 5) is 19.4. The Morgan fingerprint density at radius 3 is 2.45 bits per heavy atom. The zero-order valence-corrected chi connectivity index (χ0v) is 22.6. The van der Waals surface area contributed by atoms with Gasteiger partial charge in [0.15, 0.2) is 0 Å². The third-order valence-electron chi connectivity index (χ3n) is 6.79. The van der Waals surface area contributed by atoms with Crippen molar-refractivity contribution in [3.8, 4) is 0 Å². The highest BCUT2D eigenvalue weighted by Gasteiger charge is 2.28. The maximum absolute atomic E-state index is 14.0. The Morgan fingerprint density at radius 1 is 0.975 bits per heavy atom. The van der Waals surface area contributed by atoms with E-state index in [-0.39, 0.29) is 42.2 Å². The highest BCUT2D eigenvalue weighted by Crippen LogP contribution is 2.23. The highest BCUT2D eigenvalue weighted by molar-refractivity contribution is 7.90. The molecule has 1 aliphatic rings. The average molecular weight is 566 g/mol. The van der Waals surface area contributed by atoms with Gasteiger partial charge >= 0.3 is 0 Å². The van der Waals surface area contributed by atoms with Crippen molar-refractivity contribution in [2.75, 3.05) is 13.2 Å². The number of rotatable bonds is 10. The zero-order chi connectivity index (χ0) is 28.1. The molecule has 1 amide bonds. The summed E-state index contributed by atoms with van der Waals surface area (Å²) in [6, 6.07) is 20.1. The number of hydrogen-bond donors (Lipinski definition) is 0. The Hall–Kier alpha value is -3.89. The average Bonchev–Trinajstić information content (AvgIpc) is 3.60. The third kappa shape index (κ3) is 6.63. The molecule has 208 valence electrons. The second kappa shape index (κ2) is 12.1. The molecule has 1 aromatic heterocycles. The first-order chi connectivity index (χ1) is 19.3. The van der Waals surface area contributed by atoms with Crippen LogP contribution in [0.3, 0.4) is 0 Å². The van der Waals surface area contributed by atoms with E-state index in [2.05, 4.69) is 4.98 Å². The molecule has 0 spiro atoms. The molecule has 0 aliphatic carbocycles. The van der Waals surface area contributed by atoms with Crippen LogP contribution in [0.15, 0.2) is 90.2 Å². The van der Waals surface area contributed by atoms with Gasteiger partial charge in [0.05, 0.1) is 36.8 Å². The Labute approximate surface area is 232 Å². The van der Waals surface area contributed by atoms with E-state index in [0.29, 0.717) is 17.9 Å². The van der Waals surface area contributed by atoms with Crippen LogP contribution in [0, 0.1) is 11.6 Å². The Morgan fingerprint density at radius 2 is 1.75 bits per heavy atom. The number of benzene rings is 3. The first-order valence-corrected chi connectivity index (χ1v) is 14.7. The van der Waals surface area contributed by atoms with Gasteiger partial charge in [-0.2, -0.15) is 0 Å². The Kier molecular flexibility index (Phi) is 8.37. The van der Waals surface area contributed by atoms with Gasteiger partial charge in [-0.15, -0.1) is 0 Å². The number of imidazole rings is 1. The maximum atomic E-state index is 14.0. The molecule has 0 bridgehead atoms. The van der Waals surface area contributed by atoms with Crippen molar-refractivity contribution in [1.82, 2.24) is 14.5 Å². The van der Waals surface area contributed by atoms with E-state index in [0.717, 1.165) is 18.4 Å². The lowest BCUT2D eigenvalue weighted by Crippen LogP contribution is -2.37. The quantitative estimate of drug-likeness (QED) is 0.270. The van der Waals surface area contributed by atoms with Crippen LogP contribution >= 0.6 is 0 Å². The van der Waals surface area contributed by atoms with E-state index < -0.39 is 27.4 Å². The number of carbonyl (C=O) groups excluding carboxylic acids is 1. The van der Waals surface area contributed by atoms with E-state index in [1.165, 1.54) is 48.7 Å². The van der Waals surface area contributed by atoms with E-state index in [9.17, 15) is 22.0 Å². The van der Waals surface area contributed by atoms with Gasteiger partial charge in [0.2, 0.25) is 15.0 Å². The van der Waals surface area contributed by atoms with Crippen molar-refractivity contribution in [3.05, 3.63) is 119 Å². The van der Waals surface area contributed by atoms with Gasteiger partial charge in [-0.3, -0.25) is 4.79 Å². The van der Waals surface area contributed by atoms with Crippen molar-refractivity contribution < 1.29 is 26.7 Å². The fourth-order valence-electron chi connectivity index (χ4n) is 4.82. The number of nitrogens with zero attached hydrogens (tertiary/aromatic N) is 3. The molecule has 1 aliphatic heterocycles. The molecule has 2 heterocycles. The number of amides is 1. The highest BCUT2D eigenvalue weighted by atomic mass is 32.2. The second-order valence-corrected chi connectivity index (χ2v) is 11.7. The molecule has 40 heavy (non-hydrogen) atoms. The lowest BCUT2D eigenvalue weighted by Gasteiger charge is -2.26. The third-order valence-corrected chi connectivity index (χ3v) is 8.39. The van der Waals surface area contributed by atoms with Gasteiger partial charge in [-0.05, 0) is 54.3 Å². The second-order valence-electron chi connectivity index (χ2n) is 9.82. The summed E-state index contributed by atoms with van der Waals surface area (Å²) >= 11 is 0. The van der Waals surface area contributed by atoms with Crippen molar-refractivity contribution >= 4 is 15.7 Å². The predicted molar refractivity (Wildman–Crippen MR) is 145 cm³/mol. The van der Waals surface area contributed by atoms with Gasteiger partial charge in [-0.25, -0.2) is 22.2 Å². The van der Waals surface area contributed by atoms with Crippen molar-refractivity contribution in [2.24, 2.45) is 0 Å². The number of ether oxygens (including phenoxy) is 1. The number of carbonyl (C=O) groups is 1. The molecule has 10 heteroatoms. The summed E-state index contributed by atoms with van der Waals surface area (Å²) < 4.78 is 61.8. The van der Waals surface area contributed by atoms with Gasteiger partial charge in [-0.1, -0.05) is 48.5 Å². The zero-order valence-electron chi connectivity index (χ0n) is 21.7. The first-order valence-electron chi connectivity index (χ1n) is 13.0. The number of sulfone groups is 1. The molecule has 5 rings (SSSR count). The fraction of sp³-hybridized carbons (Fsp3) is 0.267. The molecule has 3 aromatic carbocycles. The van der Waals surface area contributed by atoms with Crippen molar-refractivity contribution in [1.29, 1.82) is 0 Å². The van der Waals surface area contributed by atoms with E-state index >= 15 is 0 Å². The first kappa shape index (κ1) is 27.7. The summed E-state index contributed by atoms with van der Waals surface area (Å²) in [5.74, 6) is -1.73. The monoisotopic (exact) mass is 565 g/mol. The van der Waals surface area contributed by atoms with Crippen LogP contribution < -0.4 is 0 Å². The summed E-state index contributed by atoms with van der Waals surface area (Å²) in [7, 11) is -3.94. The molecule has 1 saturated heterocycles. The van der Waals surface area contributed by atoms with Crippen LogP contribution in [0.25, 0.3) is 0 Å². The summed E-state index contributed by atoms with van der Waals surface area (Å²) in [5, 5.41) is -0.147. The molecule has 1 unspecified atom stereocenters. The summed E-state index contributed by atoms with van der Waals surface area (Å²) in [6.45, 7) is 1.12. The molecule has 1 atom stereocenters. The van der Waals surface area contributed by atoms with E-state index in [4.69, 9.17) is 4.74 Å². The Bertz CT molecular complexity index is 1570. The van der Waals surface area contributed by atoms with Crippen LogP contribution in [0.1, 0.15) is 40.0 Å².